The summed E-state index contributed by atoms with van der Waals surface area (Å²) in [5.41, 5.74) is 0.789. The first-order valence-corrected chi connectivity index (χ1v) is 7.93. The molecule has 120 valence electrons. The Morgan fingerprint density at radius 2 is 1.64 bits per heavy atom. The third-order valence-electron chi connectivity index (χ3n) is 3.54. The zero-order valence-corrected chi connectivity index (χ0v) is 14.1. The Bertz CT molecular complexity index is 513. The number of hydrogen-bond acceptors (Lipinski definition) is 5. The van der Waals surface area contributed by atoms with Crippen LogP contribution in [-0.2, 0) is 14.3 Å². The second-order valence-corrected chi connectivity index (χ2v) is 6.10. The smallest absolute Gasteiger partial charge is 0.319 e. The van der Waals surface area contributed by atoms with E-state index in [-0.39, 0.29) is 11.9 Å². The zero-order chi connectivity index (χ0) is 15.9. The number of esters is 1. The standard InChI is InChI=1S/C15H20BrN3O3/c1-22-15(21)11-19-8-6-18(7-9-19)10-14(20)17-13-4-2-12(16)3-5-13/h2-5H,6-11H2,1H3,(H,17,20). The number of ether oxygens (including phenoxy) is 1. The molecule has 0 unspecified atom stereocenters. The van der Waals surface area contributed by atoms with Gasteiger partial charge in [-0.1, -0.05) is 15.9 Å². The van der Waals surface area contributed by atoms with Crippen molar-refractivity contribution < 1.29 is 14.3 Å². The van der Waals surface area contributed by atoms with Gasteiger partial charge in [-0.2, -0.15) is 0 Å². The largest absolute Gasteiger partial charge is 0.468 e. The summed E-state index contributed by atoms with van der Waals surface area (Å²) in [7, 11) is 1.39. The molecule has 1 aromatic rings. The maximum atomic E-state index is 12.0. The Balaban J connectivity index is 1.72. The van der Waals surface area contributed by atoms with Gasteiger partial charge >= 0.3 is 5.97 Å². The zero-order valence-electron chi connectivity index (χ0n) is 12.5. The topological polar surface area (TPSA) is 61.9 Å². The van der Waals surface area contributed by atoms with Gasteiger partial charge in [-0.3, -0.25) is 19.4 Å². The van der Waals surface area contributed by atoms with Crippen molar-refractivity contribution in [1.82, 2.24) is 9.80 Å². The Morgan fingerprint density at radius 3 is 2.18 bits per heavy atom. The van der Waals surface area contributed by atoms with Crippen LogP contribution in [-0.4, -0.2) is 68.1 Å². The van der Waals surface area contributed by atoms with Gasteiger partial charge < -0.3 is 10.1 Å². The quantitative estimate of drug-likeness (QED) is 0.789. The third kappa shape index (κ3) is 5.40. The van der Waals surface area contributed by atoms with Crippen molar-refractivity contribution in [2.45, 2.75) is 0 Å². The minimum Gasteiger partial charge on any atom is -0.468 e. The van der Waals surface area contributed by atoms with Crippen molar-refractivity contribution in [3.05, 3.63) is 28.7 Å². The minimum absolute atomic E-state index is 0.0243. The second-order valence-electron chi connectivity index (χ2n) is 5.18. The fraction of sp³-hybridized carbons (Fsp3) is 0.467. The maximum absolute atomic E-state index is 12.0. The summed E-state index contributed by atoms with van der Waals surface area (Å²) in [6, 6.07) is 7.49. The van der Waals surface area contributed by atoms with Gasteiger partial charge in [0.15, 0.2) is 0 Å². The predicted octanol–water partition coefficient (Wildman–Crippen LogP) is 1.18. The number of benzene rings is 1. The number of carbonyl (C=O) groups is 2. The number of amides is 1. The van der Waals surface area contributed by atoms with Crippen LogP contribution in [0.15, 0.2) is 28.7 Å². The summed E-state index contributed by atoms with van der Waals surface area (Å²) >= 11 is 3.36. The van der Waals surface area contributed by atoms with Crippen LogP contribution in [0.1, 0.15) is 0 Å². The number of rotatable bonds is 5. The van der Waals surface area contributed by atoms with E-state index in [0.717, 1.165) is 36.3 Å². The van der Waals surface area contributed by atoms with Crippen LogP contribution < -0.4 is 5.32 Å². The monoisotopic (exact) mass is 369 g/mol. The summed E-state index contributed by atoms with van der Waals surface area (Å²) in [5.74, 6) is -0.245. The molecular weight excluding hydrogens is 350 g/mol. The lowest BCUT2D eigenvalue weighted by Gasteiger charge is -2.33. The highest BCUT2D eigenvalue weighted by atomic mass is 79.9. The Kier molecular flexibility index (Phi) is 6.35. The first-order chi connectivity index (χ1) is 10.6. The van der Waals surface area contributed by atoms with Gasteiger partial charge in [-0.25, -0.2) is 0 Å². The van der Waals surface area contributed by atoms with Crippen LogP contribution in [0.25, 0.3) is 0 Å². The van der Waals surface area contributed by atoms with Crippen molar-refractivity contribution in [3.8, 4) is 0 Å². The van der Waals surface area contributed by atoms with Crippen LogP contribution in [0.2, 0.25) is 0 Å². The molecule has 1 aromatic carbocycles. The van der Waals surface area contributed by atoms with Crippen LogP contribution >= 0.6 is 15.9 Å². The van der Waals surface area contributed by atoms with E-state index >= 15 is 0 Å². The lowest BCUT2D eigenvalue weighted by molar-refractivity contribution is -0.142. The van der Waals surface area contributed by atoms with Gasteiger partial charge in [0.05, 0.1) is 20.2 Å². The molecule has 1 fully saturated rings. The van der Waals surface area contributed by atoms with E-state index in [9.17, 15) is 9.59 Å². The molecule has 1 N–H and O–H groups in total. The Hall–Kier alpha value is -1.44. The average molecular weight is 370 g/mol. The molecule has 2 rings (SSSR count). The molecular formula is C15H20BrN3O3. The second kappa shape index (κ2) is 8.26. The third-order valence-corrected chi connectivity index (χ3v) is 4.07. The lowest BCUT2D eigenvalue weighted by Crippen LogP contribution is -2.49. The number of nitrogens with zero attached hydrogens (tertiary/aromatic N) is 2. The highest BCUT2D eigenvalue weighted by molar-refractivity contribution is 9.10. The van der Waals surface area contributed by atoms with E-state index in [4.69, 9.17) is 0 Å². The molecule has 6 nitrogen and oxygen atoms in total. The molecule has 0 aromatic heterocycles. The molecule has 1 saturated heterocycles. The summed E-state index contributed by atoms with van der Waals surface area (Å²) in [6.07, 6.45) is 0. The fourth-order valence-electron chi connectivity index (χ4n) is 2.29. The van der Waals surface area contributed by atoms with Crippen LogP contribution in [0.3, 0.4) is 0 Å². The lowest BCUT2D eigenvalue weighted by atomic mass is 10.3. The van der Waals surface area contributed by atoms with Crippen molar-refractivity contribution in [2.75, 3.05) is 51.7 Å². The van der Waals surface area contributed by atoms with E-state index in [1.165, 1.54) is 7.11 Å². The van der Waals surface area contributed by atoms with Crippen molar-refractivity contribution in [3.63, 3.8) is 0 Å². The highest BCUT2D eigenvalue weighted by Gasteiger charge is 2.20. The molecule has 1 aliphatic heterocycles. The van der Waals surface area contributed by atoms with Gasteiger partial charge in [0.25, 0.3) is 0 Å². The van der Waals surface area contributed by atoms with Crippen molar-refractivity contribution in [1.29, 1.82) is 0 Å². The Morgan fingerprint density at radius 1 is 1.09 bits per heavy atom. The SMILES string of the molecule is COC(=O)CN1CCN(CC(=O)Nc2ccc(Br)cc2)CC1. The summed E-state index contributed by atoms with van der Waals surface area (Å²) in [5, 5.41) is 2.88. The number of piperazine rings is 1. The van der Waals surface area contributed by atoms with E-state index < -0.39 is 0 Å². The minimum atomic E-state index is -0.221. The van der Waals surface area contributed by atoms with Gasteiger partial charge in [-0.05, 0) is 24.3 Å². The van der Waals surface area contributed by atoms with E-state index in [1.807, 2.05) is 29.2 Å². The molecule has 0 radical (unpaired) electrons. The first-order valence-electron chi connectivity index (χ1n) is 7.14. The summed E-state index contributed by atoms with van der Waals surface area (Å²) in [6.45, 7) is 3.74. The number of carbonyl (C=O) groups excluding carboxylic acids is 2. The highest BCUT2D eigenvalue weighted by Crippen LogP contribution is 2.14. The predicted molar refractivity (Wildman–Crippen MR) is 87.7 cm³/mol. The number of nitrogens with one attached hydrogen (secondary N) is 1. The average Bonchev–Trinajstić information content (AvgIpc) is 2.51. The van der Waals surface area contributed by atoms with Gasteiger partial charge in [0.1, 0.15) is 0 Å². The number of hydrogen-bond donors (Lipinski definition) is 1. The summed E-state index contributed by atoms with van der Waals surface area (Å²) < 4.78 is 5.64. The molecule has 7 heteroatoms. The van der Waals surface area contributed by atoms with Crippen LogP contribution in [0.4, 0.5) is 5.69 Å². The first kappa shape index (κ1) is 16.9. The van der Waals surface area contributed by atoms with Crippen LogP contribution in [0.5, 0.6) is 0 Å². The number of methoxy groups -OCH3 is 1. The van der Waals surface area contributed by atoms with E-state index in [1.54, 1.807) is 0 Å². The van der Waals surface area contributed by atoms with Gasteiger partial charge in [0.2, 0.25) is 5.91 Å². The van der Waals surface area contributed by atoms with Crippen LogP contribution in [0, 0.1) is 0 Å². The van der Waals surface area contributed by atoms with Crippen molar-refractivity contribution in [2.24, 2.45) is 0 Å². The fourth-order valence-corrected chi connectivity index (χ4v) is 2.55. The molecule has 0 spiro atoms. The number of anilines is 1. The molecule has 1 aliphatic rings. The number of halogens is 1. The summed E-state index contributed by atoms with van der Waals surface area (Å²) in [4.78, 5) is 27.4. The molecule has 22 heavy (non-hydrogen) atoms. The molecule has 0 bridgehead atoms. The molecule has 0 atom stereocenters. The van der Waals surface area contributed by atoms with Gasteiger partial charge in [-0.15, -0.1) is 0 Å². The molecule has 0 saturated carbocycles. The molecule has 1 amide bonds. The molecule has 0 aliphatic carbocycles. The van der Waals surface area contributed by atoms with E-state index in [2.05, 4.69) is 30.9 Å². The van der Waals surface area contributed by atoms with E-state index in [0.29, 0.717) is 13.1 Å². The van der Waals surface area contributed by atoms with Gasteiger partial charge in [0, 0.05) is 36.3 Å². The normalized spacial score (nSPS) is 16.3. The Labute approximate surface area is 138 Å². The van der Waals surface area contributed by atoms with Crippen molar-refractivity contribution >= 4 is 33.5 Å². The molecule has 1 heterocycles. The maximum Gasteiger partial charge on any atom is 0.319 e.